The van der Waals surface area contributed by atoms with E-state index < -0.39 is 5.91 Å². The zero-order chi connectivity index (χ0) is 15.7. The van der Waals surface area contributed by atoms with Crippen LogP contribution in [-0.2, 0) is 0 Å². The summed E-state index contributed by atoms with van der Waals surface area (Å²) < 4.78 is 7.48. The van der Waals surface area contributed by atoms with Gasteiger partial charge in [-0.15, -0.1) is 0 Å². The van der Waals surface area contributed by atoms with Crippen LogP contribution in [0.4, 0.5) is 0 Å². The molecule has 6 nitrogen and oxygen atoms in total. The maximum atomic E-state index is 11.6. The molecule has 0 fully saturated rings. The Hall–Kier alpha value is -2.76. The molecule has 0 unspecified atom stereocenters. The van der Waals surface area contributed by atoms with Gasteiger partial charge in [-0.1, -0.05) is 0 Å². The van der Waals surface area contributed by atoms with Crippen LogP contribution in [0.15, 0.2) is 36.7 Å². The number of carbonyl (C=O) groups is 1. The van der Waals surface area contributed by atoms with E-state index in [2.05, 4.69) is 10.4 Å². The molecule has 1 aromatic heterocycles. The number of nitrogens with zero attached hydrogens (tertiary/aromatic N) is 2. The number of benzene rings is 1. The van der Waals surface area contributed by atoms with Crippen molar-refractivity contribution in [3.05, 3.63) is 42.2 Å². The van der Waals surface area contributed by atoms with Crippen molar-refractivity contribution in [2.75, 3.05) is 6.54 Å². The SMILES string of the molecule is CC(C)Oc1cc2nn(C3=CC=CNC3)cc2cc1C(N)=O. The second-order valence-corrected chi connectivity index (χ2v) is 5.41. The zero-order valence-electron chi connectivity index (χ0n) is 12.5. The van der Waals surface area contributed by atoms with E-state index in [9.17, 15) is 4.79 Å². The van der Waals surface area contributed by atoms with Gasteiger partial charge in [-0.05, 0) is 38.3 Å². The Morgan fingerprint density at radius 1 is 1.45 bits per heavy atom. The van der Waals surface area contributed by atoms with Gasteiger partial charge in [0.1, 0.15) is 5.75 Å². The molecule has 0 radical (unpaired) electrons. The van der Waals surface area contributed by atoms with Crippen molar-refractivity contribution >= 4 is 22.5 Å². The third kappa shape index (κ3) is 2.67. The Balaban J connectivity index is 2.09. The molecule has 0 bridgehead atoms. The predicted molar refractivity (Wildman–Crippen MR) is 85.4 cm³/mol. The summed E-state index contributed by atoms with van der Waals surface area (Å²) in [7, 11) is 0. The number of aromatic nitrogens is 2. The van der Waals surface area contributed by atoms with Crippen LogP contribution in [0.1, 0.15) is 24.2 Å². The highest BCUT2D eigenvalue weighted by atomic mass is 16.5. The summed E-state index contributed by atoms with van der Waals surface area (Å²) in [5.41, 5.74) is 7.61. The molecule has 0 aliphatic carbocycles. The van der Waals surface area contributed by atoms with Gasteiger partial charge in [0.25, 0.3) is 5.91 Å². The average molecular weight is 298 g/mol. The largest absolute Gasteiger partial charge is 0.490 e. The van der Waals surface area contributed by atoms with Gasteiger partial charge < -0.3 is 15.8 Å². The van der Waals surface area contributed by atoms with Gasteiger partial charge >= 0.3 is 0 Å². The van der Waals surface area contributed by atoms with E-state index in [1.807, 2.05) is 38.4 Å². The van der Waals surface area contributed by atoms with Crippen molar-refractivity contribution in [3.63, 3.8) is 0 Å². The molecule has 2 aromatic rings. The fourth-order valence-corrected chi connectivity index (χ4v) is 2.35. The number of primary amides is 1. The van der Waals surface area contributed by atoms with Gasteiger partial charge in [0.15, 0.2) is 0 Å². The van der Waals surface area contributed by atoms with E-state index in [-0.39, 0.29) is 6.10 Å². The number of hydrogen-bond acceptors (Lipinski definition) is 4. The second-order valence-electron chi connectivity index (χ2n) is 5.41. The second kappa shape index (κ2) is 5.55. The molecule has 0 spiro atoms. The van der Waals surface area contributed by atoms with Crippen molar-refractivity contribution in [1.29, 1.82) is 0 Å². The highest BCUT2D eigenvalue weighted by Crippen LogP contribution is 2.27. The van der Waals surface area contributed by atoms with E-state index in [4.69, 9.17) is 10.5 Å². The fraction of sp³-hybridized carbons (Fsp3) is 0.250. The Morgan fingerprint density at radius 2 is 2.27 bits per heavy atom. The minimum Gasteiger partial charge on any atom is -0.490 e. The highest BCUT2D eigenvalue weighted by molar-refractivity contribution is 6.00. The van der Waals surface area contributed by atoms with E-state index in [1.54, 1.807) is 16.8 Å². The number of nitrogens with one attached hydrogen (secondary N) is 1. The summed E-state index contributed by atoms with van der Waals surface area (Å²) in [5, 5.41) is 8.53. The van der Waals surface area contributed by atoms with Crippen LogP contribution in [-0.4, -0.2) is 28.3 Å². The van der Waals surface area contributed by atoms with E-state index in [0.717, 1.165) is 16.6 Å². The molecular weight excluding hydrogens is 280 g/mol. The van der Waals surface area contributed by atoms with Crippen LogP contribution in [0.5, 0.6) is 5.75 Å². The van der Waals surface area contributed by atoms with Crippen molar-refractivity contribution < 1.29 is 9.53 Å². The number of rotatable bonds is 4. The summed E-state index contributed by atoms with van der Waals surface area (Å²) in [5.74, 6) is -0.0392. The monoisotopic (exact) mass is 298 g/mol. The molecule has 0 saturated heterocycles. The molecule has 22 heavy (non-hydrogen) atoms. The van der Waals surface area contributed by atoms with Crippen molar-refractivity contribution in [1.82, 2.24) is 15.1 Å². The number of allylic oxidation sites excluding steroid dienone is 2. The van der Waals surface area contributed by atoms with E-state index in [1.165, 1.54) is 0 Å². The summed E-state index contributed by atoms with van der Waals surface area (Å²) in [4.78, 5) is 11.6. The Morgan fingerprint density at radius 3 is 2.91 bits per heavy atom. The fourth-order valence-electron chi connectivity index (χ4n) is 2.35. The van der Waals surface area contributed by atoms with Gasteiger partial charge in [0.05, 0.1) is 29.4 Å². The average Bonchev–Trinajstić information content (AvgIpc) is 2.89. The predicted octanol–water partition coefficient (Wildman–Crippen LogP) is 1.88. The molecule has 1 aliphatic rings. The number of nitrogens with two attached hydrogens (primary N) is 1. The number of ether oxygens (including phenoxy) is 1. The van der Waals surface area contributed by atoms with Crippen LogP contribution in [0.3, 0.4) is 0 Å². The molecule has 2 heterocycles. The van der Waals surface area contributed by atoms with Crippen molar-refractivity contribution in [2.45, 2.75) is 20.0 Å². The van der Waals surface area contributed by atoms with Gasteiger partial charge in [-0.25, -0.2) is 4.68 Å². The number of carbonyl (C=O) groups excluding carboxylic acids is 1. The lowest BCUT2D eigenvalue weighted by atomic mass is 10.1. The number of fused-ring (bicyclic) bond motifs is 1. The van der Waals surface area contributed by atoms with E-state index in [0.29, 0.717) is 17.9 Å². The first-order valence-electron chi connectivity index (χ1n) is 7.14. The lowest BCUT2D eigenvalue weighted by Crippen LogP contribution is -2.16. The Kier molecular flexibility index (Phi) is 3.58. The van der Waals surface area contributed by atoms with Crippen molar-refractivity contribution in [2.24, 2.45) is 5.73 Å². The van der Waals surface area contributed by atoms with Crippen LogP contribution in [0.2, 0.25) is 0 Å². The quantitative estimate of drug-likeness (QED) is 0.903. The minimum atomic E-state index is -0.508. The first kappa shape index (κ1) is 14.2. The maximum absolute atomic E-state index is 11.6. The third-order valence-electron chi connectivity index (χ3n) is 3.31. The maximum Gasteiger partial charge on any atom is 0.252 e. The lowest BCUT2D eigenvalue weighted by Gasteiger charge is -2.12. The zero-order valence-corrected chi connectivity index (χ0v) is 12.5. The van der Waals surface area contributed by atoms with E-state index >= 15 is 0 Å². The lowest BCUT2D eigenvalue weighted by molar-refractivity contribution is 0.0995. The first-order valence-corrected chi connectivity index (χ1v) is 7.14. The van der Waals surface area contributed by atoms with Gasteiger partial charge in [0.2, 0.25) is 0 Å². The molecule has 0 atom stereocenters. The number of amides is 1. The molecule has 1 amide bonds. The topological polar surface area (TPSA) is 82.2 Å². The molecular formula is C16H18N4O2. The number of dihydropyridines is 1. The Labute approximate surface area is 128 Å². The summed E-state index contributed by atoms with van der Waals surface area (Å²) >= 11 is 0. The van der Waals surface area contributed by atoms with Crippen LogP contribution >= 0.6 is 0 Å². The van der Waals surface area contributed by atoms with Gasteiger partial charge in [0, 0.05) is 17.6 Å². The molecule has 6 heteroatoms. The normalized spacial score (nSPS) is 14.0. The van der Waals surface area contributed by atoms with Gasteiger partial charge in [-0.3, -0.25) is 4.79 Å². The molecule has 3 N–H and O–H groups in total. The standard InChI is InChI=1S/C16H18N4O2/c1-10(2)22-15-7-14-11(6-13(15)16(17)21)9-20(19-14)12-4-3-5-18-8-12/h3-7,9-10,18H,8H2,1-2H3,(H2,17,21). The molecule has 114 valence electrons. The van der Waals surface area contributed by atoms with Crippen LogP contribution in [0, 0.1) is 0 Å². The van der Waals surface area contributed by atoms with Crippen LogP contribution < -0.4 is 15.8 Å². The summed E-state index contributed by atoms with van der Waals surface area (Å²) in [6, 6.07) is 3.49. The summed E-state index contributed by atoms with van der Waals surface area (Å²) in [6.45, 7) is 4.50. The van der Waals surface area contributed by atoms with Crippen molar-refractivity contribution in [3.8, 4) is 5.75 Å². The summed E-state index contributed by atoms with van der Waals surface area (Å²) in [6.07, 6.45) is 7.63. The molecule has 1 aromatic carbocycles. The Bertz CT molecular complexity index is 787. The van der Waals surface area contributed by atoms with Gasteiger partial charge in [-0.2, -0.15) is 5.10 Å². The molecule has 0 saturated carbocycles. The molecule has 3 rings (SSSR count). The smallest absolute Gasteiger partial charge is 0.252 e. The highest BCUT2D eigenvalue weighted by Gasteiger charge is 2.15. The third-order valence-corrected chi connectivity index (χ3v) is 3.31. The first-order chi connectivity index (χ1) is 10.5. The minimum absolute atomic E-state index is 0.0481. The number of hydrogen-bond donors (Lipinski definition) is 2. The molecule has 1 aliphatic heterocycles. The van der Waals surface area contributed by atoms with Crippen LogP contribution in [0.25, 0.3) is 16.6 Å².